The smallest absolute Gasteiger partial charge is 0.256 e. The van der Waals surface area contributed by atoms with E-state index in [1.54, 1.807) is 6.07 Å². The Bertz CT molecular complexity index is 418. The number of carbonyl (C=O) groups excluding carboxylic acids is 2. The van der Waals surface area contributed by atoms with Crippen LogP contribution in [0.15, 0.2) is 15.2 Å². The number of carbonyl (C=O) groups is 2. The van der Waals surface area contributed by atoms with Crippen molar-refractivity contribution in [2.45, 2.75) is 12.5 Å². The minimum Gasteiger partial charge on any atom is -0.368 e. The lowest BCUT2D eigenvalue weighted by Gasteiger charge is -2.38. The van der Waals surface area contributed by atoms with Crippen molar-refractivity contribution in [1.29, 1.82) is 0 Å². The van der Waals surface area contributed by atoms with Crippen molar-refractivity contribution < 1.29 is 9.59 Å². The Morgan fingerprint density at radius 3 is 2.73 bits per heavy atom. The summed E-state index contributed by atoms with van der Waals surface area (Å²) in [5.41, 5.74) is 5.78. The second kappa shape index (κ2) is 3.94. The molecule has 0 aliphatic carbocycles. The zero-order valence-electron chi connectivity index (χ0n) is 7.77. The summed E-state index contributed by atoms with van der Waals surface area (Å²) < 4.78 is 0.794. The molecule has 4 nitrogen and oxygen atoms in total. The molecule has 80 valence electrons. The van der Waals surface area contributed by atoms with Crippen molar-refractivity contribution in [2.75, 3.05) is 6.54 Å². The van der Waals surface area contributed by atoms with Gasteiger partial charge in [0.25, 0.3) is 5.91 Å². The molecule has 0 bridgehead atoms. The van der Waals surface area contributed by atoms with E-state index in [9.17, 15) is 9.59 Å². The van der Waals surface area contributed by atoms with Gasteiger partial charge in [-0.1, -0.05) is 0 Å². The first-order chi connectivity index (χ1) is 7.11. The number of hydrogen-bond acceptors (Lipinski definition) is 3. The van der Waals surface area contributed by atoms with E-state index in [1.807, 2.05) is 5.38 Å². The van der Waals surface area contributed by atoms with Gasteiger partial charge in [-0.15, -0.1) is 11.3 Å². The highest BCUT2D eigenvalue weighted by Gasteiger charge is 2.37. The van der Waals surface area contributed by atoms with Crippen LogP contribution in [0.2, 0.25) is 0 Å². The minimum absolute atomic E-state index is 0.127. The fourth-order valence-corrected chi connectivity index (χ4v) is 2.76. The van der Waals surface area contributed by atoms with Crippen LogP contribution in [0, 0.1) is 0 Å². The number of rotatable bonds is 2. The summed E-state index contributed by atoms with van der Waals surface area (Å²) in [5.74, 6) is -0.556. The third-order valence-corrected chi connectivity index (χ3v) is 4.14. The molecule has 1 aromatic heterocycles. The summed E-state index contributed by atoms with van der Waals surface area (Å²) in [5, 5.41) is 1.83. The lowest BCUT2D eigenvalue weighted by atomic mass is 10.0. The second-order valence-electron chi connectivity index (χ2n) is 3.31. The van der Waals surface area contributed by atoms with Gasteiger partial charge in [0, 0.05) is 6.54 Å². The standard InChI is InChI=1S/C9H9BrN2O2S/c10-7-5(2-4-15-7)9(14)12-3-1-6(12)8(11)13/h2,4,6H,1,3H2,(H2,11,13). The Balaban J connectivity index is 2.16. The van der Waals surface area contributed by atoms with Gasteiger partial charge < -0.3 is 10.6 Å². The molecule has 0 spiro atoms. The molecule has 0 aromatic carbocycles. The maximum absolute atomic E-state index is 11.9. The zero-order chi connectivity index (χ0) is 11.0. The Hall–Kier alpha value is -0.880. The van der Waals surface area contributed by atoms with Crippen LogP contribution in [-0.2, 0) is 4.79 Å². The zero-order valence-corrected chi connectivity index (χ0v) is 10.2. The van der Waals surface area contributed by atoms with Crippen molar-refractivity contribution in [2.24, 2.45) is 5.73 Å². The first kappa shape index (κ1) is 10.6. The Labute approximate surface area is 99.2 Å². The van der Waals surface area contributed by atoms with E-state index in [-0.39, 0.29) is 5.91 Å². The normalized spacial score (nSPS) is 19.8. The summed E-state index contributed by atoms with van der Waals surface area (Å²) in [4.78, 5) is 24.4. The van der Waals surface area contributed by atoms with E-state index in [4.69, 9.17) is 5.73 Å². The fourth-order valence-electron chi connectivity index (χ4n) is 1.53. The van der Waals surface area contributed by atoms with E-state index >= 15 is 0 Å². The lowest BCUT2D eigenvalue weighted by molar-refractivity contribution is -0.125. The molecule has 2 heterocycles. The van der Waals surface area contributed by atoms with Crippen LogP contribution in [0.25, 0.3) is 0 Å². The van der Waals surface area contributed by atoms with Gasteiger partial charge in [0.2, 0.25) is 5.91 Å². The molecular formula is C9H9BrN2O2S. The van der Waals surface area contributed by atoms with Crippen LogP contribution >= 0.6 is 27.3 Å². The Kier molecular flexibility index (Phi) is 2.79. The number of amides is 2. The molecule has 2 N–H and O–H groups in total. The highest BCUT2D eigenvalue weighted by Crippen LogP contribution is 2.28. The monoisotopic (exact) mass is 288 g/mol. The molecule has 0 saturated carbocycles. The predicted octanol–water partition coefficient (Wildman–Crippen LogP) is 1.21. The SMILES string of the molecule is NC(=O)C1CCN1C(=O)c1ccsc1Br. The van der Waals surface area contributed by atoms with Crippen molar-refractivity contribution in [1.82, 2.24) is 4.90 Å². The van der Waals surface area contributed by atoms with Crippen LogP contribution < -0.4 is 5.73 Å². The molecule has 15 heavy (non-hydrogen) atoms. The van der Waals surface area contributed by atoms with Gasteiger partial charge in [-0.3, -0.25) is 9.59 Å². The molecule has 1 unspecified atom stereocenters. The molecule has 1 aliphatic heterocycles. The Morgan fingerprint density at radius 2 is 2.33 bits per heavy atom. The molecule has 0 radical (unpaired) electrons. The summed E-state index contributed by atoms with van der Waals surface area (Å²) in [6, 6.07) is 1.32. The summed E-state index contributed by atoms with van der Waals surface area (Å²) in [6.45, 7) is 0.606. The molecule has 2 rings (SSSR count). The highest BCUT2D eigenvalue weighted by atomic mass is 79.9. The predicted molar refractivity (Wildman–Crippen MR) is 60.7 cm³/mol. The number of nitrogens with zero attached hydrogens (tertiary/aromatic N) is 1. The Morgan fingerprint density at radius 1 is 1.60 bits per heavy atom. The van der Waals surface area contributed by atoms with Gasteiger partial charge in [0.1, 0.15) is 6.04 Å². The maximum atomic E-state index is 11.9. The molecule has 1 saturated heterocycles. The maximum Gasteiger partial charge on any atom is 0.256 e. The van der Waals surface area contributed by atoms with E-state index in [0.717, 1.165) is 3.79 Å². The van der Waals surface area contributed by atoms with Crippen LogP contribution in [0.3, 0.4) is 0 Å². The van der Waals surface area contributed by atoms with Crippen LogP contribution in [0.4, 0.5) is 0 Å². The quantitative estimate of drug-likeness (QED) is 0.889. The van der Waals surface area contributed by atoms with Gasteiger partial charge in [0.05, 0.1) is 9.35 Å². The van der Waals surface area contributed by atoms with Crippen molar-refractivity contribution in [3.63, 3.8) is 0 Å². The van der Waals surface area contributed by atoms with Gasteiger partial charge in [0.15, 0.2) is 0 Å². The van der Waals surface area contributed by atoms with Gasteiger partial charge in [-0.25, -0.2) is 0 Å². The van der Waals surface area contributed by atoms with Gasteiger partial charge >= 0.3 is 0 Å². The van der Waals surface area contributed by atoms with E-state index in [1.165, 1.54) is 16.2 Å². The molecule has 1 atom stereocenters. The fraction of sp³-hybridized carbons (Fsp3) is 0.333. The van der Waals surface area contributed by atoms with Crippen molar-refractivity contribution in [3.05, 3.63) is 20.8 Å². The van der Waals surface area contributed by atoms with E-state index in [0.29, 0.717) is 18.5 Å². The van der Waals surface area contributed by atoms with E-state index in [2.05, 4.69) is 15.9 Å². The minimum atomic E-state index is -0.430. The molecule has 1 fully saturated rings. The molecule has 2 amide bonds. The third kappa shape index (κ3) is 1.79. The molecular weight excluding hydrogens is 280 g/mol. The number of nitrogens with two attached hydrogens (primary N) is 1. The second-order valence-corrected chi connectivity index (χ2v) is 5.55. The van der Waals surface area contributed by atoms with Crippen LogP contribution in [0.1, 0.15) is 16.8 Å². The largest absolute Gasteiger partial charge is 0.368 e. The first-order valence-corrected chi connectivity index (χ1v) is 6.12. The number of likely N-dealkylation sites (tertiary alicyclic amines) is 1. The summed E-state index contributed by atoms with van der Waals surface area (Å²) >= 11 is 4.75. The molecule has 6 heteroatoms. The molecule has 1 aliphatic rings. The lowest BCUT2D eigenvalue weighted by Crippen LogP contribution is -2.57. The third-order valence-electron chi connectivity index (χ3n) is 2.46. The number of halogens is 1. The number of primary amides is 1. The van der Waals surface area contributed by atoms with Crippen molar-refractivity contribution in [3.8, 4) is 0 Å². The summed E-state index contributed by atoms with van der Waals surface area (Å²) in [6.07, 6.45) is 0.669. The first-order valence-electron chi connectivity index (χ1n) is 4.44. The molecule has 1 aromatic rings. The highest BCUT2D eigenvalue weighted by molar-refractivity contribution is 9.11. The van der Waals surface area contributed by atoms with E-state index < -0.39 is 11.9 Å². The average Bonchev–Trinajstić information content (AvgIpc) is 2.47. The van der Waals surface area contributed by atoms with Crippen LogP contribution in [-0.4, -0.2) is 29.3 Å². The topological polar surface area (TPSA) is 63.4 Å². The van der Waals surface area contributed by atoms with Crippen molar-refractivity contribution >= 4 is 39.1 Å². The number of hydrogen-bond donors (Lipinski definition) is 1. The van der Waals surface area contributed by atoms with Crippen LogP contribution in [0.5, 0.6) is 0 Å². The summed E-state index contributed by atoms with van der Waals surface area (Å²) in [7, 11) is 0. The number of thiophene rings is 1. The van der Waals surface area contributed by atoms with Gasteiger partial charge in [-0.05, 0) is 33.8 Å². The average molecular weight is 289 g/mol. The van der Waals surface area contributed by atoms with Gasteiger partial charge in [-0.2, -0.15) is 0 Å².